The molecule has 1 amide bonds. The lowest BCUT2D eigenvalue weighted by atomic mass is 10.1. The summed E-state index contributed by atoms with van der Waals surface area (Å²) >= 11 is 2.57. The lowest BCUT2D eigenvalue weighted by Crippen LogP contribution is -2.18. The second-order valence-electron chi connectivity index (χ2n) is 7.30. The van der Waals surface area contributed by atoms with Gasteiger partial charge in [-0.15, -0.1) is 21.5 Å². The number of thiazole rings is 1. The molecule has 2 heterocycles. The lowest BCUT2D eigenvalue weighted by molar-refractivity contribution is -0.137. The third-order valence-electron chi connectivity index (χ3n) is 4.86. The van der Waals surface area contributed by atoms with Crippen LogP contribution < -0.4 is 10.1 Å². The molecule has 0 unspecified atom stereocenters. The van der Waals surface area contributed by atoms with Gasteiger partial charge in [-0.05, 0) is 55.5 Å². The Morgan fingerprint density at radius 1 is 1.06 bits per heavy atom. The number of anilines is 1. The van der Waals surface area contributed by atoms with Crippen LogP contribution in [-0.4, -0.2) is 34.0 Å². The number of hydrogen-bond acceptors (Lipinski definition) is 7. The lowest BCUT2D eigenvalue weighted by Gasteiger charge is -2.13. The molecule has 0 spiro atoms. The first-order chi connectivity index (χ1) is 16.7. The molecule has 11 heteroatoms. The topological polar surface area (TPSA) is 77.0 Å². The van der Waals surface area contributed by atoms with E-state index in [1.165, 1.54) is 29.5 Å². The first-order valence-corrected chi connectivity index (χ1v) is 12.1. The predicted octanol–water partition coefficient (Wildman–Crippen LogP) is 6.33. The van der Waals surface area contributed by atoms with E-state index in [9.17, 15) is 18.0 Å². The number of benzene rings is 2. The summed E-state index contributed by atoms with van der Waals surface area (Å²) in [5.41, 5.74) is 1.26. The molecule has 0 aliphatic heterocycles. The van der Waals surface area contributed by atoms with Crippen molar-refractivity contribution in [1.29, 1.82) is 0 Å². The van der Waals surface area contributed by atoms with Crippen LogP contribution >= 0.6 is 23.1 Å². The highest BCUT2D eigenvalue weighted by atomic mass is 32.2. The quantitative estimate of drug-likeness (QED) is 0.289. The van der Waals surface area contributed by atoms with E-state index >= 15 is 0 Å². The molecule has 0 saturated carbocycles. The van der Waals surface area contributed by atoms with Gasteiger partial charge in [0.15, 0.2) is 0 Å². The number of para-hydroxylation sites is 1. The number of carbonyl (C=O) groups is 1. The minimum absolute atomic E-state index is 0.110. The Balaban J connectivity index is 1.40. The summed E-state index contributed by atoms with van der Waals surface area (Å²) in [5.74, 6) is 0.0842. The van der Waals surface area contributed by atoms with Crippen LogP contribution in [0.25, 0.3) is 21.1 Å². The summed E-state index contributed by atoms with van der Waals surface area (Å²) in [6.45, 7) is 1.90. The van der Waals surface area contributed by atoms with E-state index in [2.05, 4.69) is 20.5 Å². The first-order valence-electron chi connectivity index (χ1n) is 10.3. The molecule has 2 aromatic carbocycles. The van der Waals surface area contributed by atoms with E-state index < -0.39 is 17.6 Å². The van der Waals surface area contributed by atoms with Crippen molar-refractivity contribution in [2.24, 2.45) is 0 Å². The van der Waals surface area contributed by atoms with E-state index in [1.807, 2.05) is 31.2 Å². The zero-order valence-electron chi connectivity index (χ0n) is 18.6. The third kappa shape index (κ3) is 5.98. The van der Waals surface area contributed by atoms with Gasteiger partial charge in [-0.1, -0.05) is 23.9 Å². The van der Waals surface area contributed by atoms with E-state index in [0.717, 1.165) is 44.7 Å². The summed E-state index contributed by atoms with van der Waals surface area (Å²) in [6.07, 6.45) is -4.56. The van der Waals surface area contributed by atoms with E-state index in [4.69, 9.17) is 4.74 Å². The molecular formula is C24H19F3N4O2S2. The number of amides is 1. The van der Waals surface area contributed by atoms with Crippen LogP contribution in [0.2, 0.25) is 0 Å². The summed E-state index contributed by atoms with van der Waals surface area (Å²) in [5, 5.41) is 12.0. The zero-order chi connectivity index (χ0) is 25.0. The molecular weight excluding hydrogens is 497 g/mol. The number of ether oxygens (including phenoxy) is 1. The fraction of sp³-hybridized carbons (Fsp3) is 0.167. The maximum absolute atomic E-state index is 13.1. The molecule has 180 valence electrons. The first kappa shape index (κ1) is 24.7. The number of thioether (sulfide) groups is 1. The minimum atomic E-state index is -4.56. The van der Waals surface area contributed by atoms with Gasteiger partial charge >= 0.3 is 6.18 Å². The minimum Gasteiger partial charge on any atom is -0.497 e. The zero-order valence-corrected chi connectivity index (χ0v) is 20.2. The Hall–Kier alpha value is -3.44. The van der Waals surface area contributed by atoms with Crippen molar-refractivity contribution in [3.8, 4) is 26.9 Å². The van der Waals surface area contributed by atoms with Gasteiger partial charge in [0.1, 0.15) is 21.5 Å². The van der Waals surface area contributed by atoms with Gasteiger partial charge in [-0.2, -0.15) is 13.2 Å². The number of aromatic nitrogens is 3. The molecule has 1 N–H and O–H groups in total. The number of aryl methyl sites for hydroxylation is 1. The molecule has 0 atom stereocenters. The SMILES string of the molecule is COc1ccc(-c2nc(C)c(-c3ccc(SCC(=O)Nc4ccccc4C(F)(F)F)nn3)s2)cc1. The molecule has 0 bridgehead atoms. The number of nitrogens with zero attached hydrogens (tertiary/aromatic N) is 3. The normalized spacial score (nSPS) is 11.3. The summed E-state index contributed by atoms with van der Waals surface area (Å²) in [4.78, 5) is 17.7. The summed E-state index contributed by atoms with van der Waals surface area (Å²) in [6, 6.07) is 16.0. The van der Waals surface area contributed by atoms with Crippen LogP contribution in [-0.2, 0) is 11.0 Å². The molecule has 0 saturated heterocycles. The molecule has 0 aliphatic rings. The van der Waals surface area contributed by atoms with Crippen molar-refractivity contribution in [3.05, 3.63) is 71.9 Å². The molecule has 4 rings (SSSR count). The molecule has 6 nitrogen and oxygen atoms in total. The Morgan fingerprint density at radius 3 is 2.46 bits per heavy atom. The van der Waals surface area contributed by atoms with Crippen LogP contribution in [0.15, 0.2) is 65.7 Å². The van der Waals surface area contributed by atoms with E-state index in [1.54, 1.807) is 19.2 Å². The van der Waals surface area contributed by atoms with Gasteiger partial charge in [0.2, 0.25) is 5.91 Å². The molecule has 0 fully saturated rings. The van der Waals surface area contributed by atoms with Crippen molar-refractivity contribution in [2.45, 2.75) is 18.1 Å². The Labute approximate surface area is 207 Å². The van der Waals surface area contributed by atoms with Gasteiger partial charge in [0, 0.05) is 5.56 Å². The number of methoxy groups -OCH3 is 1. The van der Waals surface area contributed by atoms with Crippen molar-refractivity contribution in [1.82, 2.24) is 15.2 Å². The Morgan fingerprint density at radius 2 is 1.80 bits per heavy atom. The molecule has 2 aromatic heterocycles. The number of hydrogen-bond donors (Lipinski definition) is 1. The van der Waals surface area contributed by atoms with E-state index in [-0.39, 0.29) is 11.4 Å². The van der Waals surface area contributed by atoms with Gasteiger partial charge in [-0.25, -0.2) is 4.98 Å². The van der Waals surface area contributed by atoms with Crippen LogP contribution in [0.4, 0.5) is 18.9 Å². The highest BCUT2D eigenvalue weighted by Gasteiger charge is 2.33. The monoisotopic (exact) mass is 516 g/mol. The maximum atomic E-state index is 13.1. The largest absolute Gasteiger partial charge is 0.497 e. The molecule has 0 aliphatic carbocycles. The third-order valence-corrected chi connectivity index (χ3v) is 7.01. The molecule has 4 aromatic rings. The van der Waals surface area contributed by atoms with Crippen LogP contribution in [0.1, 0.15) is 11.3 Å². The van der Waals surface area contributed by atoms with Crippen molar-refractivity contribution >= 4 is 34.7 Å². The average molecular weight is 517 g/mol. The smallest absolute Gasteiger partial charge is 0.418 e. The number of halogens is 3. The Bertz CT molecular complexity index is 1320. The fourth-order valence-electron chi connectivity index (χ4n) is 3.17. The number of nitrogens with one attached hydrogen (secondary N) is 1. The highest BCUT2D eigenvalue weighted by Crippen LogP contribution is 2.36. The second-order valence-corrected chi connectivity index (χ2v) is 9.29. The van der Waals surface area contributed by atoms with Crippen molar-refractivity contribution < 1.29 is 22.7 Å². The van der Waals surface area contributed by atoms with Gasteiger partial charge in [0.25, 0.3) is 0 Å². The van der Waals surface area contributed by atoms with Gasteiger partial charge < -0.3 is 10.1 Å². The standard InChI is InChI=1S/C24H19F3N4O2S2/c1-14-22(35-23(28-14)15-7-9-16(33-2)10-8-15)19-11-12-21(31-30-19)34-13-20(32)29-18-6-4-3-5-17(18)24(25,26)27/h3-12H,13H2,1-2H3,(H,29,32). The van der Waals surface area contributed by atoms with Crippen molar-refractivity contribution in [3.63, 3.8) is 0 Å². The highest BCUT2D eigenvalue weighted by molar-refractivity contribution is 7.99. The molecule has 0 radical (unpaired) electrons. The second kappa shape index (κ2) is 10.4. The van der Waals surface area contributed by atoms with Gasteiger partial charge in [0.05, 0.1) is 34.7 Å². The van der Waals surface area contributed by atoms with Crippen LogP contribution in [0, 0.1) is 6.92 Å². The maximum Gasteiger partial charge on any atom is 0.418 e. The van der Waals surface area contributed by atoms with Crippen LogP contribution in [0.3, 0.4) is 0 Å². The number of rotatable bonds is 7. The number of alkyl halides is 3. The summed E-state index contributed by atoms with van der Waals surface area (Å²) in [7, 11) is 1.61. The van der Waals surface area contributed by atoms with Crippen LogP contribution in [0.5, 0.6) is 5.75 Å². The average Bonchev–Trinajstić information content (AvgIpc) is 3.24. The predicted molar refractivity (Wildman–Crippen MR) is 131 cm³/mol. The Kier molecular flexibility index (Phi) is 7.37. The van der Waals surface area contributed by atoms with E-state index in [0.29, 0.717) is 10.7 Å². The van der Waals surface area contributed by atoms with Crippen molar-refractivity contribution in [2.75, 3.05) is 18.2 Å². The molecule has 35 heavy (non-hydrogen) atoms. The number of carbonyl (C=O) groups excluding carboxylic acids is 1. The summed E-state index contributed by atoms with van der Waals surface area (Å²) < 4.78 is 44.5. The fourth-order valence-corrected chi connectivity index (χ4v) is 4.82. The van der Waals surface area contributed by atoms with Gasteiger partial charge in [-0.3, -0.25) is 4.79 Å².